The van der Waals surface area contributed by atoms with Crippen molar-refractivity contribution in [3.05, 3.63) is 17.0 Å². The summed E-state index contributed by atoms with van der Waals surface area (Å²) >= 11 is 0. The largest absolute Gasteiger partial charge is 0.380 e. The van der Waals surface area contributed by atoms with Crippen LogP contribution in [-0.4, -0.2) is 41.9 Å². The van der Waals surface area contributed by atoms with Gasteiger partial charge in [0.15, 0.2) is 5.69 Å². The molecule has 3 unspecified atom stereocenters. The number of nitrogens with one attached hydrogen (secondary N) is 3. The van der Waals surface area contributed by atoms with Crippen molar-refractivity contribution < 1.29 is 9.53 Å². The van der Waals surface area contributed by atoms with Gasteiger partial charge in [0.1, 0.15) is 0 Å². The lowest BCUT2D eigenvalue weighted by molar-refractivity contribution is -0.164. The fourth-order valence-corrected chi connectivity index (χ4v) is 4.72. The van der Waals surface area contributed by atoms with Crippen molar-refractivity contribution in [2.24, 2.45) is 11.3 Å². The fraction of sp³-hybridized carbons (Fsp3) is 0.765. The second-order valence-corrected chi connectivity index (χ2v) is 6.86. The van der Waals surface area contributed by atoms with Crippen LogP contribution in [0.3, 0.4) is 0 Å². The SMILES string of the molecule is CCC1(CC)C(NC(=O)c2n[nH]c3c2CNCC3)C(C)C1OC.Cl. The molecule has 3 atom stereocenters. The van der Waals surface area contributed by atoms with Gasteiger partial charge < -0.3 is 15.4 Å². The summed E-state index contributed by atoms with van der Waals surface area (Å²) < 4.78 is 5.71. The molecule has 24 heavy (non-hydrogen) atoms. The summed E-state index contributed by atoms with van der Waals surface area (Å²) in [7, 11) is 1.77. The van der Waals surface area contributed by atoms with E-state index in [1.54, 1.807) is 7.11 Å². The van der Waals surface area contributed by atoms with Gasteiger partial charge in [-0.1, -0.05) is 20.8 Å². The normalized spacial score (nSPS) is 27.6. The van der Waals surface area contributed by atoms with E-state index in [2.05, 4.69) is 41.6 Å². The molecule has 2 aliphatic rings. The molecule has 1 fully saturated rings. The van der Waals surface area contributed by atoms with Gasteiger partial charge in [0.2, 0.25) is 0 Å². The molecule has 3 N–H and O–H groups in total. The standard InChI is InChI=1S/C17H28N4O2.ClH/c1-5-17(6-2)14(10(3)15(17)23-4)19-16(22)13-11-9-18-8-7-12(11)20-21-13;/h10,14-15,18H,5-9H2,1-4H3,(H,19,22)(H,20,21);1H. The van der Waals surface area contributed by atoms with Crippen LogP contribution in [0.5, 0.6) is 0 Å². The minimum atomic E-state index is -0.0659. The first-order valence-electron chi connectivity index (χ1n) is 8.69. The van der Waals surface area contributed by atoms with Crippen molar-refractivity contribution in [2.45, 2.75) is 58.7 Å². The van der Waals surface area contributed by atoms with Crippen LogP contribution in [-0.2, 0) is 17.7 Å². The van der Waals surface area contributed by atoms with Crippen molar-refractivity contribution in [1.82, 2.24) is 20.8 Å². The molecule has 1 aromatic heterocycles. The summed E-state index contributed by atoms with van der Waals surface area (Å²) in [6, 6.07) is 0.138. The number of hydrogen-bond acceptors (Lipinski definition) is 4. The number of rotatable bonds is 5. The second kappa shape index (κ2) is 7.42. The van der Waals surface area contributed by atoms with E-state index in [1.807, 2.05) is 0 Å². The number of methoxy groups -OCH3 is 1. The third-order valence-corrected chi connectivity index (χ3v) is 6.07. The Kier molecular flexibility index (Phi) is 5.94. The van der Waals surface area contributed by atoms with E-state index in [0.717, 1.165) is 37.1 Å². The molecule has 1 saturated carbocycles. The lowest BCUT2D eigenvalue weighted by Gasteiger charge is -2.59. The van der Waals surface area contributed by atoms with Gasteiger partial charge in [0.05, 0.1) is 6.10 Å². The molecular weight excluding hydrogens is 328 g/mol. The number of H-pyrrole nitrogens is 1. The highest BCUT2D eigenvalue weighted by atomic mass is 35.5. The topological polar surface area (TPSA) is 79.0 Å². The minimum absolute atomic E-state index is 0. The zero-order valence-corrected chi connectivity index (χ0v) is 15.8. The molecule has 136 valence electrons. The van der Waals surface area contributed by atoms with Crippen LogP contribution in [0.25, 0.3) is 0 Å². The Morgan fingerprint density at radius 2 is 2.12 bits per heavy atom. The summed E-state index contributed by atoms with van der Waals surface area (Å²) in [5.41, 5.74) is 2.67. The van der Waals surface area contributed by atoms with Crippen molar-refractivity contribution in [3.8, 4) is 0 Å². The highest BCUT2D eigenvalue weighted by Gasteiger charge is 2.59. The smallest absolute Gasteiger partial charge is 0.272 e. The maximum Gasteiger partial charge on any atom is 0.272 e. The average Bonchev–Trinajstić information content (AvgIpc) is 3.01. The van der Waals surface area contributed by atoms with Gasteiger partial charge in [-0.15, -0.1) is 12.4 Å². The number of halogens is 1. The molecule has 1 aliphatic heterocycles. The number of aromatic nitrogens is 2. The van der Waals surface area contributed by atoms with E-state index < -0.39 is 0 Å². The van der Waals surface area contributed by atoms with E-state index in [0.29, 0.717) is 18.2 Å². The zero-order valence-electron chi connectivity index (χ0n) is 14.9. The molecule has 0 spiro atoms. The number of nitrogens with zero attached hydrogens (tertiary/aromatic N) is 1. The molecule has 1 aromatic rings. The van der Waals surface area contributed by atoms with Gasteiger partial charge in [-0.05, 0) is 12.8 Å². The van der Waals surface area contributed by atoms with Gasteiger partial charge in [-0.25, -0.2) is 0 Å². The lowest BCUT2D eigenvalue weighted by Crippen LogP contribution is -2.70. The number of carbonyl (C=O) groups is 1. The van der Waals surface area contributed by atoms with E-state index in [9.17, 15) is 4.79 Å². The lowest BCUT2D eigenvalue weighted by atomic mass is 9.53. The van der Waals surface area contributed by atoms with E-state index in [1.165, 1.54) is 0 Å². The van der Waals surface area contributed by atoms with E-state index >= 15 is 0 Å². The van der Waals surface area contributed by atoms with Gasteiger partial charge in [0, 0.05) is 55.3 Å². The molecule has 0 radical (unpaired) electrons. The summed E-state index contributed by atoms with van der Waals surface area (Å²) in [5, 5.41) is 13.8. The number of amides is 1. The molecule has 7 heteroatoms. The highest BCUT2D eigenvalue weighted by molar-refractivity contribution is 5.94. The summed E-state index contributed by atoms with van der Waals surface area (Å²) in [6.07, 6.45) is 3.10. The van der Waals surface area contributed by atoms with Gasteiger partial charge in [-0.2, -0.15) is 5.10 Å². The second-order valence-electron chi connectivity index (χ2n) is 6.86. The summed E-state index contributed by atoms with van der Waals surface area (Å²) in [6.45, 7) is 8.16. The van der Waals surface area contributed by atoms with Gasteiger partial charge >= 0.3 is 0 Å². The quantitative estimate of drug-likeness (QED) is 0.754. The van der Waals surface area contributed by atoms with E-state index in [-0.39, 0.29) is 35.9 Å². The Labute approximate surface area is 149 Å². The van der Waals surface area contributed by atoms with Crippen LogP contribution >= 0.6 is 12.4 Å². The Morgan fingerprint density at radius 1 is 1.42 bits per heavy atom. The molecule has 0 bridgehead atoms. The predicted octanol–water partition coefficient (Wildman–Crippen LogP) is 2.05. The Morgan fingerprint density at radius 3 is 2.75 bits per heavy atom. The van der Waals surface area contributed by atoms with Gasteiger partial charge in [0.25, 0.3) is 5.91 Å². The minimum Gasteiger partial charge on any atom is -0.380 e. The molecule has 0 aromatic carbocycles. The third-order valence-electron chi connectivity index (χ3n) is 6.07. The van der Waals surface area contributed by atoms with Crippen molar-refractivity contribution in [2.75, 3.05) is 13.7 Å². The number of fused-ring (bicyclic) bond motifs is 1. The molecule has 2 heterocycles. The Balaban J connectivity index is 0.00000208. The maximum atomic E-state index is 12.8. The molecule has 3 rings (SSSR count). The monoisotopic (exact) mass is 356 g/mol. The number of hydrogen-bond donors (Lipinski definition) is 3. The van der Waals surface area contributed by atoms with Crippen LogP contribution in [0.2, 0.25) is 0 Å². The van der Waals surface area contributed by atoms with Crippen LogP contribution in [0, 0.1) is 11.3 Å². The first kappa shape index (κ1) is 19.2. The number of ether oxygens (including phenoxy) is 1. The van der Waals surface area contributed by atoms with Gasteiger partial charge in [-0.3, -0.25) is 9.89 Å². The maximum absolute atomic E-state index is 12.8. The predicted molar refractivity (Wildman–Crippen MR) is 95.5 cm³/mol. The molecule has 1 amide bonds. The molecular formula is C17H29ClN4O2. The van der Waals surface area contributed by atoms with Crippen LogP contribution in [0.4, 0.5) is 0 Å². The number of carbonyl (C=O) groups excluding carboxylic acids is 1. The van der Waals surface area contributed by atoms with E-state index in [4.69, 9.17) is 4.74 Å². The molecule has 0 saturated heterocycles. The Hall–Kier alpha value is -1.11. The zero-order chi connectivity index (χ0) is 16.6. The summed E-state index contributed by atoms with van der Waals surface area (Å²) in [5.74, 6) is 0.251. The highest BCUT2D eigenvalue weighted by Crippen LogP contribution is 2.52. The van der Waals surface area contributed by atoms with Crippen molar-refractivity contribution in [3.63, 3.8) is 0 Å². The van der Waals surface area contributed by atoms with Crippen LogP contribution in [0.15, 0.2) is 0 Å². The third kappa shape index (κ3) is 2.74. The van der Waals surface area contributed by atoms with Crippen molar-refractivity contribution >= 4 is 18.3 Å². The Bertz CT molecular complexity index is 585. The summed E-state index contributed by atoms with van der Waals surface area (Å²) in [4.78, 5) is 12.8. The van der Waals surface area contributed by atoms with Crippen molar-refractivity contribution in [1.29, 1.82) is 0 Å². The first-order valence-corrected chi connectivity index (χ1v) is 8.69. The first-order chi connectivity index (χ1) is 11.1. The molecule has 1 aliphatic carbocycles. The van der Waals surface area contributed by atoms with Crippen LogP contribution in [0.1, 0.15) is 55.4 Å². The molecule has 6 nitrogen and oxygen atoms in total. The average molecular weight is 357 g/mol. The fourth-order valence-electron chi connectivity index (χ4n) is 4.72. The van der Waals surface area contributed by atoms with Crippen LogP contribution < -0.4 is 10.6 Å². The number of aromatic amines is 1.